The summed E-state index contributed by atoms with van der Waals surface area (Å²) in [5.41, 5.74) is 0.371. The summed E-state index contributed by atoms with van der Waals surface area (Å²) in [4.78, 5) is 27.0. The summed E-state index contributed by atoms with van der Waals surface area (Å²) in [5.74, 6) is -0.333. The van der Waals surface area contributed by atoms with Gasteiger partial charge in [0.2, 0.25) is 15.9 Å². The minimum Gasteiger partial charge on any atom is -0.354 e. The molecule has 152 valence electrons. The van der Waals surface area contributed by atoms with Gasteiger partial charge in [0, 0.05) is 31.7 Å². The number of sulfonamides is 1. The van der Waals surface area contributed by atoms with Crippen LogP contribution in [-0.2, 0) is 14.8 Å². The molecule has 0 unspecified atom stereocenters. The van der Waals surface area contributed by atoms with Crippen molar-refractivity contribution in [2.45, 2.75) is 49.5 Å². The van der Waals surface area contributed by atoms with Gasteiger partial charge in [-0.3, -0.25) is 9.59 Å². The highest BCUT2D eigenvalue weighted by atomic mass is 32.2. The minimum atomic E-state index is -3.60. The van der Waals surface area contributed by atoms with Crippen LogP contribution >= 0.6 is 0 Å². The van der Waals surface area contributed by atoms with E-state index >= 15 is 0 Å². The summed E-state index contributed by atoms with van der Waals surface area (Å²) in [6.07, 6.45) is 5.42. The average molecular weight is 406 g/mol. The maximum atomic E-state index is 13.1. The largest absolute Gasteiger partial charge is 0.354 e. The van der Waals surface area contributed by atoms with Crippen molar-refractivity contribution in [1.82, 2.24) is 14.5 Å². The van der Waals surface area contributed by atoms with Crippen LogP contribution in [0.2, 0.25) is 0 Å². The molecule has 0 saturated carbocycles. The van der Waals surface area contributed by atoms with Crippen molar-refractivity contribution in [3.63, 3.8) is 0 Å². The van der Waals surface area contributed by atoms with E-state index in [9.17, 15) is 18.0 Å². The average Bonchev–Trinajstić information content (AvgIpc) is 2.92. The molecule has 3 aliphatic heterocycles. The molecule has 7 nitrogen and oxygen atoms in total. The molecule has 1 aromatic rings. The Morgan fingerprint density at radius 2 is 1.79 bits per heavy atom. The molecular weight excluding hydrogens is 378 g/mol. The monoisotopic (exact) mass is 405 g/mol. The molecule has 3 heterocycles. The quantitative estimate of drug-likeness (QED) is 0.828. The number of hydrogen-bond acceptors (Lipinski definition) is 4. The number of amides is 2. The first-order valence-electron chi connectivity index (χ1n) is 10.2. The molecule has 1 aromatic carbocycles. The zero-order valence-corrected chi connectivity index (χ0v) is 16.8. The molecule has 3 aliphatic rings. The van der Waals surface area contributed by atoms with E-state index in [-0.39, 0.29) is 28.7 Å². The topological polar surface area (TPSA) is 86.8 Å². The molecular formula is C20H27N3O4S. The molecule has 4 rings (SSSR count). The van der Waals surface area contributed by atoms with Gasteiger partial charge in [0.25, 0.3) is 5.91 Å². The number of benzene rings is 1. The minimum absolute atomic E-state index is 0.0139. The van der Waals surface area contributed by atoms with E-state index in [0.29, 0.717) is 31.7 Å². The highest BCUT2D eigenvalue weighted by molar-refractivity contribution is 7.89. The Hall–Kier alpha value is -1.93. The fraction of sp³-hybridized carbons (Fsp3) is 0.600. The van der Waals surface area contributed by atoms with Crippen LogP contribution in [0.3, 0.4) is 0 Å². The number of hydrogen-bond donors (Lipinski definition) is 1. The third-order valence-electron chi connectivity index (χ3n) is 6.15. The van der Waals surface area contributed by atoms with Crippen molar-refractivity contribution >= 4 is 21.8 Å². The summed E-state index contributed by atoms with van der Waals surface area (Å²) in [5, 5.41) is 2.85. The number of likely N-dealkylation sites (tertiary alicyclic amines) is 1. The third kappa shape index (κ3) is 3.55. The number of nitrogens with zero attached hydrogens (tertiary/aromatic N) is 2. The Balaban J connectivity index is 1.58. The van der Waals surface area contributed by atoms with E-state index in [0.717, 1.165) is 38.5 Å². The molecule has 1 N–H and O–H groups in total. The van der Waals surface area contributed by atoms with Gasteiger partial charge in [-0.15, -0.1) is 0 Å². The summed E-state index contributed by atoms with van der Waals surface area (Å²) in [7, 11) is -3.60. The maximum Gasteiger partial charge on any atom is 0.254 e. The highest BCUT2D eigenvalue weighted by Gasteiger charge is 2.42. The SMILES string of the molecule is O=C1NC[C@@H]2[C@H]1CCCN2C(=O)c1cccc(S(=O)(=O)N2CCCCCC2)c1. The lowest BCUT2D eigenvalue weighted by molar-refractivity contribution is -0.123. The first-order chi connectivity index (χ1) is 13.5. The van der Waals surface area contributed by atoms with Crippen LogP contribution in [0.15, 0.2) is 29.2 Å². The van der Waals surface area contributed by atoms with E-state index < -0.39 is 10.0 Å². The number of rotatable bonds is 3. The number of carbonyl (C=O) groups is 2. The zero-order valence-electron chi connectivity index (χ0n) is 16.0. The summed E-state index contributed by atoms with van der Waals surface area (Å²) >= 11 is 0. The van der Waals surface area contributed by atoms with Crippen molar-refractivity contribution in [1.29, 1.82) is 0 Å². The van der Waals surface area contributed by atoms with E-state index in [4.69, 9.17) is 0 Å². The summed E-state index contributed by atoms with van der Waals surface area (Å²) in [6.45, 7) is 2.13. The second kappa shape index (κ2) is 7.83. The second-order valence-corrected chi connectivity index (χ2v) is 9.84. The van der Waals surface area contributed by atoms with E-state index in [1.165, 1.54) is 6.07 Å². The van der Waals surface area contributed by atoms with Crippen LogP contribution in [0, 0.1) is 5.92 Å². The van der Waals surface area contributed by atoms with Gasteiger partial charge < -0.3 is 10.2 Å². The van der Waals surface area contributed by atoms with Crippen molar-refractivity contribution in [2.75, 3.05) is 26.2 Å². The van der Waals surface area contributed by atoms with Gasteiger partial charge in [0.1, 0.15) is 0 Å². The smallest absolute Gasteiger partial charge is 0.254 e. The second-order valence-electron chi connectivity index (χ2n) is 7.91. The van der Waals surface area contributed by atoms with Crippen LogP contribution in [-0.4, -0.2) is 61.7 Å². The van der Waals surface area contributed by atoms with E-state index in [1.54, 1.807) is 27.4 Å². The number of fused-ring (bicyclic) bond motifs is 1. The lowest BCUT2D eigenvalue weighted by atomic mass is 9.91. The molecule has 28 heavy (non-hydrogen) atoms. The van der Waals surface area contributed by atoms with Crippen molar-refractivity contribution in [3.8, 4) is 0 Å². The number of carbonyl (C=O) groups excluding carboxylic acids is 2. The molecule has 0 aliphatic carbocycles. The van der Waals surface area contributed by atoms with Gasteiger partial charge in [0.15, 0.2) is 0 Å². The van der Waals surface area contributed by atoms with Crippen molar-refractivity contribution in [3.05, 3.63) is 29.8 Å². The van der Waals surface area contributed by atoms with Crippen molar-refractivity contribution in [2.24, 2.45) is 5.92 Å². The standard InChI is InChI=1S/C20H27N3O4S/c24-19-17-9-6-12-23(18(17)14-21-19)20(25)15-7-5-8-16(13-15)28(26,27)22-10-3-1-2-4-11-22/h5,7-8,13,17-18H,1-4,6,9-12,14H2,(H,21,24)/t17-,18-/m1/s1. The Morgan fingerprint density at radius 1 is 1.04 bits per heavy atom. The lowest BCUT2D eigenvalue weighted by Crippen LogP contribution is -2.48. The lowest BCUT2D eigenvalue weighted by Gasteiger charge is -2.36. The van der Waals surface area contributed by atoms with Gasteiger partial charge in [-0.25, -0.2) is 8.42 Å². The van der Waals surface area contributed by atoms with Gasteiger partial charge in [-0.1, -0.05) is 18.9 Å². The molecule has 0 aromatic heterocycles. The zero-order chi connectivity index (χ0) is 19.7. The van der Waals surface area contributed by atoms with E-state index in [1.807, 2.05) is 0 Å². The molecule has 0 bridgehead atoms. The highest BCUT2D eigenvalue weighted by Crippen LogP contribution is 2.29. The predicted octanol–water partition coefficient (Wildman–Crippen LogP) is 1.60. The van der Waals surface area contributed by atoms with Crippen LogP contribution in [0.5, 0.6) is 0 Å². The number of nitrogens with one attached hydrogen (secondary N) is 1. The molecule has 3 fully saturated rings. The van der Waals surface area contributed by atoms with Gasteiger partial charge in [-0.2, -0.15) is 4.31 Å². The van der Waals surface area contributed by atoms with Crippen LogP contribution in [0.25, 0.3) is 0 Å². The van der Waals surface area contributed by atoms with Crippen LogP contribution in [0.4, 0.5) is 0 Å². The first kappa shape index (κ1) is 19.4. The first-order valence-corrected chi connectivity index (χ1v) is 11.6. The Labute approximate surface area is 166 Å². The fourth-order valence-corrected chi connectivity index (χ4v) is 6.15. The maximum absolute atomic E-state index is 13.1. The van der Waals surface area contributed by atoms with Gasteiger partial charge in [-0.05, 0) is 43.9 Å². The number of piperidine rings is 1. The molecule has 0 radical (unpaired) electrons. The molecule has 3 saturated heterocycles. The van der Waals surface area contributed by atoms with Crippen LogP contribution in [0.1, 0.15) is 48.9 Å². The fourth-order valence-electron chi connectivity index (χ4n) is 4.59. The Morgan fingerprint density at radius 3 is 2.54 bits per heavy atom. The normalized spacial score (nSPS) is 26.4. The van der Waals surface area contributed by atoms with Gasteiger partial charge in [0.05, 0.1) is 16.9 Å². The molecule has 0 spiro atoms. The molecule has 8 heteroatoms. The summed E-state index contributed by atoms with van der Waals surface area (Å²) in [6, 6.07) is 6.22. The molecule has 2 atom stereocenters. The van der Waals surface area contributed by atoms with E-state index in [2.05, 4.69) is 5.32 Å². The van der Waals surface area contributed by atoms with Gasteiger partial charge >= 0.3 is 0 Å². The third-order valence-corrected chi connectivity index (χ3v) is 8.04. The summed E-state index contributed by atoms with van der Waals surface area (Å²) < 4.78 is 27.7. The van der Waals surface area contributed by atoms with Crippen molar-refractivity contribution < 1.29 is 18.0 Å². The Bertz CT molecular complexity index is 862. The molecule has 2 amide bonds. The van der Waals surface area contributed by atoms with Crippen LogP contribution < -0.4 is 5.32 Å². The Kier molecular flexibility index (Phi) is 5.42. The predicted molar refractivity (Wildman–Crippen MR) is 104 cm³/mol.